The molecule has 0 atom stereocenters. The highest BCUT2D eigenvalue weighted by molar-refractivity contribution is 7.09. The van der Waals surface area contributed by atoms with Gasteiger partial charge in [0, 0.05) is 18.1 Å². The Morgan fingerprint density at radius 2 is 2.62 bits per heavy atom. The van der Waals surface area contributed by atoms with Gasteiger partial charge in [-0.15, -0.1) is 0 Å². The predicted molar refractivity (Wildman–Crippen MR) is 31.9 cm³/mol. The molecule has 1 heterocycles. The number of hydrogen-bond acceptors (Lipinski definition) is 5. The summed E-state index contributed by atoms with van der Waals surface area (Å²) in [7, 11) is 0. The average molecular weight is 130 g/mol. The van der Waals surface area contributed by atoms with Crippen LogP contribution in [0.25, 0.3) is 0 Å². The van der Waals surface area contributed by atoms with Crippen LogP contribution in [0.3, 0.4) is 0 Å². The maximum absolute atomic E-state index is 3.65. The van der Waals surface area contributed by atoms with Crippen molar-refractivity contribution >= 4 is 16.7 Å². The van der Waals surface area contributed by atoms with Crippen LogP contribution in [-0.2, 0) is 0 Å². The van der Waals surface area contributed by atoms with Crippen molar-refractivity contribution in [2.45, 2.75) is 6.92 Å². The Morgan fingerprint density at radius 1 is 1.75 bits per heavy atom. The maximum atomic E-state index is 3.65. The molecule has 44 valence electrons. The van der Waals surface area contributed by atoms with Crippen LogP contribution in [0.1, 0.15) is 6.92 Å². The van der Waals surface area contributed by atoms with Crippen molar-refractivity contribution in [1.82, 2.24) is 14.8 Å². The van der Waals surface area contributed by atoms with E-state index in [1.807, 2.05) is 6.92 Å². The van der Waals surface area contributed by atoms with E-state index in [4.69, 9.17) is 0 Å². The summed E-state index contributed by atoms with van der Waals surface area (Å²) in [6.07, 6.45) is 0. The second-order valence-electron chi connectivity index (χ2n) is 1.20. The Kier molecular flexibility index (Phi) is 1.74. The van der Waals surface area contributed by atoms with Gasteiger partial charge in [-0.25, -0.2) is 0 Å². The number of aromatic nitrogens is 3. The van der Waals surface area contributed by atoms with Crippen molar-refractivity contribution < 1.29 is 0 Å². The zero-order chi connectivity index (χ0) is 5.82. The van der Waals surface area contributed by atoms with Crippen molar-refractivity contribution in [3.8, 4) is 0 Å². The highest BCUT2D eigenvalue weighted by Crippen LogP contribution is 2.02. The Morgan fingerprint density at radius 3 is 3.12 bits per heavy atom. The molecule has 0 bridgehead atoms. The van der Waals surface area contributed by atoms with E-state index in [2.05, 4.69) is 20.1 Å². The van der Waals surface area contributed by atoms with Gasteiger partial charge in [0.05, 0.1) is 0 Å². The largest absolute Gasteiger partial charge is 0.359 e. The van der Waals surface area contributed by atoms with Crippen LogP contribution >= 0.6 is 11.5 Å². The van der Waals surface area contributed by atoms with E-state index in [0.717, 1.165) is 11.7 Å². The summed E-state index contributed by atoms with van der Waals surface area (Å²) in [6.45, 7) is 2.87. The summed E-state index contributed by atoms with van der Waals surface area (Å²) in [5, 5.41) is 10.8. The molecule has 0 aromatic carbocycles. The van der Waals surface area contributed by atoms with Crippen molar-refractivity contribution in [3.63, 3.8) is 0 Å². The lowest BCUT2D eigenvalue weighted by molar-refractivity contribution is 0.954. The van der Waals surface area contributed by atoms with Gasteiger partial charge in [-0.2, -0.15) is 0 Å². The number of anilines is 1. The first-order chi connectivity index (χ1) is 3.93. The van der Waals surface area contributed by atoms with Gasteiger partial charge in [0.1, 0.15) is 0 Å². The summed E-state index contributed by atoms with van der Waals surface area (Å²) in [5.74, 6) is 0. The molecule has 0 aliphatic carbocycles. The summed E-state index contributed by atoms with van der Waals surface area (Å²) in [5.41, 5.74) is 0. The standard InChI is InChI=1S/C3H6N4S/c1-2-4-3-5-6-7-8-3/h2H2,1H3,(H,4,5,7). The lowest BCUT2D eigenvalue weighted by Crippen LogP contribution is -1.94. The normalized spacial score (nSPS) is 9.12. The summed E-state index contributed by atoms with van der Waals surface area (Å²) in [4.78, 5) is 0. The third-order valence-corrected chi connectivity index (χ3v) is 1.18. The molecule has 0 saturated heterocycles. The van der Waals surface area contributed by atoms with Gasteiger partial charge in [-0.05, 0) is 12.1 Å². The maximum Gasteiger partial charge on any atom is 0.225 e. The van der Waals surface area contributed by atoms with Crippen molar-refractivity contribution in [3.05, 3.63) is 0 Å². The lowest BCUT2D eigenvalue weighted by Gasteiger charge is -1.88. The van der Waals surface area contributed by atoms with E-state index < -0.39 is 0 Å². The van der Waals surface area contributed by atoms with Gasteiger partial charge in [0.15, 0.2) is 0 Å². The molecule has 5 heteroatoms. The van der Waals surface area contributed by atoms with Crippen molar-refractivity contribution in [2.24, 2.45) is 0 Å². The molecule has 0 radical (unpaired) electrons. The molecule has 0 amide bonds. The Hall–Kier alpha value is -0.710. The van der Waals surface area contributed by atoms with E-state index >= 15 is 0 Å². The second kappa shape index (κ2) is 2.56. The smallest absolute Gasteiger partial charge is 0.225 e. The Bertz CT molecular complexity index is 137. The quantitative estimate of drug-likeness (QED) is 0.628. The molecule has 0 saturated carbocycles. The molecule has 0 aliphatic heterocycles. The topological polar surface area (TPSA) is 50.7 Å². The lowest BCUT2D eigenvalue weighted by atomic mass is 10.8. The Labute approximate surface area is 51.1 Å². The first-order valence-corrected chi connectivity index (χ1v) is 3.09. The van der Waals surface area contributed by atoms with Crippen molar-refractivity contribution in [1.29, 1.82) is 0 Å². The van der Waals surface area contributed by atoms with E-state index in [1.165, 1.54) is 11.5 Å². The SMILES string of the molecule is CCNc1nnns1. The average Bonchev–Trinajstić information content (AvgIpc) is 2.19. The number of rotatable bonds is 2. The van der Waals surface area contributed by atoms with Gasteiger partial charge in [0.25, 0.3) is 0 Å². The van der Waals surface area contributed by atoms with Gasteiger partial charge >= 0.3 is 0 Å². The van der Waals surface area contributed by atoms with Crippen LogP contribution < -0.4 is 5.32 Å². The van der Waals surface area contributed by atoms with E-state index in [1.54, 1.807) is 0 Å². The number of nitrogens with zero attached hydrogens (tertiary/aromatic N) is 3. The molecule has 1 aromatic rings. The summed E-state index contributed by atoms with van der Waals surface area (Å²) >= 11 is 1.26. The highest BCUT2D eigenvalue weighted by atomic mass is 32.1. The van der Waals surface area contributed by atoms with Gasteiger partial charge in [0.2, 0.25) is 5.13 Å². The van der Waals surface area contributed by atoms with E-state index in [-0.39, 0.29) is 0 Å². The van der Waals surface area contributed by atoms with Crippen LogP contribution in [0.5, 0.6) is 0 Å². The summed E-state index contributed by atoms with van der Waals surface area (Å²) in [6, 6.07) is 0. The van der Waals surface area contributed by atoms with Crippen LogP contribution in [0, 0.1) is 0 Å². The third-order valence-electron chi connectivity index (χ3n) is 0.627. The minimum Gasteiger partial charge on any atom is -0.359 e. The summed E-state index contributed by atoms with van der Waals surface area (Å²) < 4.78 is 3.56. The molecular weight excluding hydrogens is 124 g/mol. The zero-order valence-electron chi connectivity index (χ0n) is 4.46. The monoisotopic (exact) mass is 130 g/mol. The molecule has 1 rings (SSSR count). The first kappa shape index (κ1) is 5.43. The van der Waals surface area contributed by atoms with Crippen LogP contribution in [0.4, 0.5) is 5.13 Å². The van der Waals surface area contributed by atoms with E-state index in [0.29, 0.717) is 0 Å². The van der Waals surface area contributed by atoms with Crippen LogP contribution in [0.15, 0.2) is 0 Å². The number of nitrogens with one attached hydrogen (secondary N) is 1. The molecule has 0 spiro atoms. The molecule has 0 unspecified atom stereocenters. The fourth-order valence-corrected chi connectivity index (χ4v) is 0.785. The molecule has 0 aliphatic rings. The minimum atomic E-state index is 0.785. The van der Waals surface area contributed by atoms with Crippen LogP contribution in [0.2, 0.25) is 0 Å². The van der Waals surface area contributed by atoms with Gasteiger partial charge in [-0.3, -0.25) is 0 Å². The molecule has 0 fully saturated rings. The predicted octanol–water partition coefficient (Wildman–Crippen LogP) is 0.365. The highest BCUT2D eigenvalue weighted by Gasteiger charge is 1.89. The zero-order valence-corrected chi connectivity index (χ0v) is 5.27. The first-order valence-electron chi connectivity index (χ1n) is 2.32. The Balaban J connectivity index is 2.50. The third kappa shape index (κ3) is 1.13. The molecule has 1 N–H and O–H groups in total. The fourth-order valence-electron chi connectivity index (χ4n) is 0.353. The van der Waals surface area contributed by atoms with Crippen molar-refractivity contribution in [2.75, 3.05) is 11.9 Å². The fraction of sp³-hybridized carbons (Fsp3) is 0.667. The molecule has 8 heavy (non-hydrogen) atoms. The van der Waals surface area contributed by atoms with Gasteiger partial charge < -0.3 is 5.32 Å². The van der Waals surface area contributed by atoms with Gasteiger partial charge in [-0.1, -0.05) is 9.59 Å². The molecule has 1 aromatic heterocycles. The molecule has 4 nitrogen and oxygen atoms in total. The number of hydrogen-bond donors (Lipinski definition) is 1. The second-order valence-corrected chi connectivity index (χ2v) is 1.93. The molecular formula is C3H6N4S. The van der Waals surface area contributed by atoms with Crippen LogP contribution in [-0.4, -0.2) is 21.3 Å². The van der Waals surface area contributed by atoms with E-state index in [9.17, 15) is 0 Å². The minimum absolute atomic E-state index is 0.785.